The Bertz CT molecular complexity index is 557. The first-order chi connectivity index (χ1) is 11.7. The first-order valence-corrected chi connectivity index (χ1v) is 9.08. The summed E-state index contributed by atoms with van der Waals surface area (Å²) >= 11 is 0. The molecule has 2 unspecified atom stereocenters. The molecule has 0 aromatic heterocycles. The quantitative estimate of drug-likeness (QED) is 0.750. The van der Waals surface area contributed by atoms with Crippen molar-refractivity contribution in [1.29, 1.82) is 0 Å². The molecule has 24 heavy (non-hydrogen) atoms. The van der Waals surface area contributed by atoms with Gasteiger partial charge >= 0.3 is 6.03 Å². The van der Waals surface area contributed by atoms with Crippen LogP contribution >= 0.6 is 0 Å². The van der Waals surface area contributed by atoms with E-state index in [-0.39, 0.29) is 24.0 Å². The molecule has 130 valence electrons. The standard InChI is InChI=1S/C19H27N3O2/c23-18(12-14-6-2-1-3-7-14)21-16-8-4-5-9-17(16)22-19(24)20-13-15-10-11-15/h1-3,6-7,15-17H,4-5,8-13H2,(H,21,23)(H2,20,22,24). The zero-order chi connectivity index (χ0) is 16.8. The van der Waals surface area contributed by atoms with Gasteiger partial charge in [0.2, 0.25) is 5.91 Å². The van der Waals surface area contributed by atoms with E-state index in [4.69, 9.17) is 0 Å². The second-order valence-electron chi connectivity index (χ2n) is 7.03. The van der Waals surface area contributed by atoms with Crippen LogP contribution in [0.2, 0.25) is 0 Å². The van der Waals surface area contributed by atoms with Crippen molar-refractivity contribution in [3.05, 3.63) is 35.9 Å². The Hall–Kier alpha value is -2.04. The van der Waals surface area contributed by atoms with Gasteiger partial charge in [-0.2, -0.15) is 0 Å². The Labute approximate surface area is 143 Å². The van der Waals surface area contributed by atoms with Crippen LogP contribution in [0.1, 0.15) is 44.1 Å². The largest absolute Gasteiger partial charge is 0.351 e. The summed E-state index contributed by atoms with van der Waals surface area (Å²) < 4.78 is 0. The number of hydrogen-bond donors (Lipinski definition) is 3. The number of benzene rings is 1. The van der Waals surface area contributed by atoms with Crippen molar-refractivity contribution in [3.8, 4) is 0 Å². The van der Waals surface area contributed by atoms with E-state index in [1.54, 1.807) is 0 Å². The number of rotatable bonds is 6. The minimum Gasteiger partial charge on any atom is -0.351 e. The lowest BCUT2D eigenvalue weighted by Crippen LogP contribution is -2.55. The lowest BCUT2D eigenvalue weighted by atomic mass is 9.90. The highest BCUT2D eigenvalue weighted by Crippen LogP contribution is 2.27. The third-order valence-corrected chi connectivity index (χ3v) is 4.88. The molecule has 3 rings (SSSR count). The van der Waals surface area contributed by atoms with Crippen LogP contribution in [0.3, 0.4) is 0 Å². The van der Waals surface area contributed by atoms with E-state index >= 15 is 0 Å². The Balaban J connectivity index is 1.47. The third kappa shape index (κ3) is 5.25. The highest BCUT2D eigenvalue weighted by molar-refractivity contribution is 5.79. The topological polar surface area (TPSA) is 70.2 Å². The van der Waals surface area contributed by atoms with Crippen molar-refractivity contribution in [2.45, 2.75) is 57.0 Å². The summed E-state index contributed by atoms with van der Waals surface area (Å²) in [6.07, 6.45) is 6.87. The van der Waals surface area contributed by atoms with Crippen LogP contribution in [-0.2, 0) is 11.2 Å². The molecule has 5 nitrogen and oxygen atoms in total. The number of carbonyl (C=O) groups excluding carboxylic acids is 2. The minimum atomic E-state index is -0.101. The summed E-state index contributed by atoms with van der Waals surface area (Å²) in [5.41, 5.74) is 1.01. The van der Waals surface area contributed by atoms with Crippen molar-refractivity contribution < 1.29 is 9.59 Å². The Morgan fingerprint density at radius 3 is 2.25 bits per heavy atom. The number of amides is 3. The van der Waals surface area contributed by atoms with Gasteiger partial charge < -0.3 is 16.0 Å². The van der Waals surface area contributed by atoms with Crippen molar-refractivity contribution in [3.63, 3.8) is 0 Å². The van der Waals surface area contributed by atoms with Crippen LogP contribution < -0.4 is 16.0 Å². The maximum Gasteiger partial charge on any atom is 0.315 e. The molecule has 2 fully saturated rings. The van der Waals surface area contributed by atoms with E-state index < -0.39 is 0 Å². The fourth-order valence-corrected chi connectivity index (χ4v) is 3.29. The van der Waals surface area contributed by atoms with Crippen molar-refractivity contribution in [2.75, 3.05) is 6.54 Å². The number of hydrogen-bond acceptors (Lipinski definition) is 2. The molecule has 1 aromatic carbocycles. The molecule has 0 spiro atoms. The summed E-state index contributed by atoms with van der Waals surface area (Å²) in [7, 11) is 0. The SMILES string of the molecule is O=C(Cc1ccccc1)NC1CCCCC1NC(=O)NCC1CC1. The lowest BCUT2D eigenvalue weighted by molar-refractivity contribution is -0.121. The van der Waals surface area contributed by atoms with Crippen LogP contribution in [0.25, 0.3) is 0 Å². The zero-order valence-electron chi connectivity index (χ0n) is 14.1. The number of carbonyl (C=O) groups is 2. The van der Waals surface area contributed by atoms with Gasteiger partial charge in [0, 0.05) is 12.6 Å². The molecular formula is C19H27N3O2. The summed E-state index contributed by atoms with van der Waals surface area (Å²) in [6, 6.07) is 9.71. The molecule has 2 aliphatic rings. The van der Waals surface area contributed by atoms with Gasteiger partial charge in [0.25, 0.3) is 0 Å². The molecule has 2 atom stereocenters. The smallest absolute Gasteiger partial charge is 0.315 e. The molecule has 5 heteroatoms. The molecule has 0 heterocycles. The van der Waals surface area contributed by atoms with E-state index in [0.717, 1.165) is 37.8 Å². The lowest BCUT2D eigenvalue weighted by Gasteiger charge is -2.32. The molecule has 3 N–H and O–H groups in total. The fraction of sp³-hybridized carbons (Fsp3) is 0.579. The van der Waals surface area contributed by atoms with Crippen LogP contribution in [-0.4, -0.2) is 30.6 Å². The van der Waals surface area contributed by atoms with Gasteiger partial charge in [0.05, 0.1) is 12.5 Å². The Morgan fingerprint density at radius 1 is 0.917 bits per heavy atom. The van der Waals surface area contributed by atoms with E-state index in [1.165, 1.54) is 12.8 Å². The van der Waals surface area contributed by atoms with Gasteiger partial charge in [-0.25, -0.2) is 4.79 Å². The second kappa shape index (κ2) is 8.18. The van der Waals surface area contributed by atoms with Gasteiger partial charge in [-0.3, -0.25) is 4.79 Å². The maximum atomic E-state index is 12.3. The maximum absolute atomic E-state index is 12.3. The van der Waals surface area contributed by atoms with Crippen LogP contribution in [0.15, 0.2) is 30.3 Å². The molecule has 2 saturated carbocycles. The highest BCUT2D eigenvalue weighted by Gasteiger charge is 2.28. The molecular weight excluding hydrogens is 302 g/mol. The highest BCUT2D eigenvalue weighted by atomic mass is 16.2. The first-order valence-electron chi connectivity index (χ1n) is 9.08. The first kappa shape index (κ1) is 16.8. The number of urea groups is 1. The average molecular weight is 329 g/mol. The Morgan fingerprint density at radius 2 is 1.58 bits per heavy atom. The monoisotopic (exact) mass is 329 g/mol. The Kier molecular flexibility index (Phi) is 5.72. The summed E-state index contributed by atoms with van der Waals surface area (Å²) in [6.45, 7) is 0.767. The van der Waals surface area contributed by atoms with Gasteiger partial charge in [0.15, 0.2) is 0 Å². The molecule has 0 saturated heterocycles. The minimum absolute atomic E-state index is 0.0256. The van der Waals surface area contributed by atoms with E-state index in [1.807, 2.05) is 30.3 Å². The van der Waals surface area contributed by atoms with E-state index in [0.29, 0.717) is 12.3 Å². The fourth-order valence-electron chi connectivity index (χ4n) is 3.29. The van der Waals surface area contributed by atoms with Crippen molar-refractivity contribution in [2.24, 2.45) is 5.92 Å². The molecule has 2 aliphatic carbocycles. The third-order valence-electron chi connectivity index (χ3n) is 4.88. The normalized spacial score (nSPS) is 23.3. The molecule has 3 amide bonds. The van der Waals surface area contributed by atoms with Gasteiger partial charge in [-0.05, 0) is 37.2 Å². The van der Waals surface area contributed by atoms with Crippen molar-refractivity contribution >= 4 is 11.9 Å². The second-order valence-corrected chi connectivity index (χ2v) is 7.03. The average Bonchev–Trinajstić information content (AvgIpc) is 3.40. The zero-order valence-corrected chi connectivity index (χ0v) is 14.1. The summed E-state index contributed by atoms with van der Waals surface area (Å²) in [5.74, 6) is 0.696. The summed E-state index contributed by atoms with van der Waals surface area (Å²) in [5, 5.41) is 9.12. The van der Waals surface area contributed by atoms with Crippen LogP contribution in [0, 0.1) is 5.92 Å². The van der Waals surface area contributed by atoms with Crippen LogP contribution in [0.4, 0.5) is 4.79 Å². The predicted molar refractivity (Wildman–Crippen MR) is 93.6 cm³/mol. The van der Waals surface area contributed by atoms with Crippen LogP contribution in [0.5, 0.6) is 0 Å². The van der Waals surface area contributed by atoms with Gasteiger partial charge in [-0.15, -0.1) is 0 Å². The van der Waals surface area contributed by atoms with E-state index in [9.17, 15) is 9.59 Å². The van der Waals surface area contributed by atoms with Gasteiger partial charge in [0.1, 0.15) is 0 Å². The molecule has 1 aromatic rings. The molecule has 0 aliphatic heterocycles. The molecule has 0 radical (unpaired) electrons. The number of nitrogens with one attached hydrogen (secondary N) is 3. The van der Waals surface area contributed by atoms with Gasteiger partial charge in [-0.1, -0.05) is 43.2 Å². The van der Waals surface area contributed by atoms with E-state index in [2.05, 4.69) is 16.0 Å². The molecule has 0 bridgehead atoms. The van der Waals surface area contributed by atoms with Crippen molar-refractivity contribution in [1.82, 2.24) is 16.0 Å². The summed E-state index contributed by atoms with van der Waals surface area (Å²) in [4.78, 5) is 24.3. The predicted octanol–water partition coefficient (Wildman–Crippen LogP) is 2.37.